The normalized spacial score (nSPS) is 15.9. The van der Waals surface area contributed by atoms with Crippen molar-refractivity contribution in [2.75, 3.05) is 31.1 Å². The van der Waals surface area contributed by atoms with Crippen LogP contribution in [0.2, 0.25) is 0 Å². The molecule has 7 nitrogen and oxygen atoms in total. The van der Waals surface area contributed by atoms with Crippen molar-refractivity contribution >= 4 is 21.9 Å². The molecule has 28 heavy (non-hydrogen) atoms. The molecule has 2 aromatic heterocycles. The fraction of sp³-hybridized carbons (Fsp3) is 0.200. The third kappa shape index (κ3) is 4.13. The van der Waals surface area contributed by atoms with Crippen LogP contribution < -0.4 is 4.90 Å². The minimum atomic E-state index is -3.44. The molecule has 1 aliphatic rings. The van der Waals surface area contributed by atoms with Gasteiger partial charge in [-0.2, -0.15) is 4.31 Å². The summed E-state index contributed by atoms with van der Waals surface area (Å²) in [6.07, 6.45) is 7.03. The quantitative estimate of drug-likeness (QED) is 0.663. The molecule has 0 saturated carbocycles. The number of aromatic nitrogens is 3. The van der Waals surface area contributed by atoms with E-state index in [0.29, 0.717) is 26.2 Å². The van der Waals surface area contributed by atoms with E-state index in [4.69, 9.17) is 0 Å². The highest BCUT2D eigenvalue weighted by molar-refractivity contribution is 7.92. The first-order valence-corrected chi connectivity index (χ1v) is 10.6. The summed E-state index contributed by atoms with van der Waals surface area (Å²) in [4.78, 5) is 10.7. The zero-order valence-corrected chi connectivity index (χ0v) is 16.1. The Bertz CT molecular complexity index is 1040. The number of hydrogen-bond donors (Lipinski definition) is 0. The average molecular weight is 395 g/mol. The van der Waals surface area contributed by atoms with Crippen molar-refractivity contribution in [2.45, 2.75) is 0 Å². The van der Waals surface area contributed by atoms with Crippen LogP contribution in [0, 0.1) is 0 Å². The largest absolute Gasteiger partial charge is 0.354 e. The molecule has 0 aliphatic carbocycles. The fourth-order valence-corrected chi connectivity index (χ4v) is 4.30. The van der Waals surface area contributed by atoms with Gasteiger partial charge in [0, 0.05) is 50.0 Å². The van der Waals surface area contributed by atoms with E-state index in [1.54, 1.807) is 6.08 Å². The van der Waals surface area contributed by atoms with Gasteiger partial charge in [0.15, 0.2) is 0 Å². The molecule has 0 bridgehead atoms. The van der Waals surface area contributed by atoms with E-state index >= 15 is 0 Å². The summed E-state index contributed by atoms with van der Waals surface area (Å²) in [5.74, 6) is 1.59. The van der Waals surface area contributed by atoms with Crippen LogP contribution in [0.3, 0.4) is 0 Å². The molecular formula is C20H21N5O2S. The lowest BCUT2D eigenvalue weighted by atomic mass is 10.2. The molecule has 4 rings (SSSR count). The molecular weight excluding hydrogens is 374 g/mol. The van der Waals surface area contributed by atoms with Crippen molar-refractivity contribution in [3.63, 3.8) is 0 Å². The number of hydrogen-bond acceptors (Lipinski definition) is 5. The van der Waals surface area contributed by atoms with Gasteiger partial charge in [0.1, 0.15) is 18.0 Å². The Hall–Kier alpha value is -2.97. The van der Waals surface area contributed by atoms with Crippen LogP contribution in [0.1, 0.15) is 5.56 Å². The van der Waals surface area contributed by atoms with E-state index in [2.05, 4.69) is 14.9 Å². The molecule has 0 unspecified atom stereocenters. The van der Waals surface area contributed by atoms with Gasteiger partial charge in [-0.25, -0.2) is 18.4 Å². The van der Waals surface area contributed by atoms with E-state index in [1.165, 1.54) is 16.0 Å². The molecule has 3 aromatic rings. The maximum Gasteiger partial charge on any atom is 0.236 e. The molecule has 0 spiro atoms. The maximum absolute atomic E-state index is 12.6. The van der Waals surface area contributed by atoms with Gasteiger partial charge in [0.2, 0.25) is 10.0 Å². The van der Waals surface area contributed by atoms with E-state index in [0.717, 1.165) is 17.2 Å². The van der Waals surface area contributed by atoms with Crippen LogP contribution in [-0.2, 0) is 10.0 Å². The van der Waals surface area contributed by atoms with Crippen molar-refractivity contribution in [3.05, 3.63) is 78.2 Å². The third-order valence-corrected chi connectivity index (χ3v) is 6.23. The fourth-order valence-electron chi connectivity index (χ4n) is 3.13. The first-order chi connectivity index (χ1) is 13.6. The van der Waals surface area contributed by atoms with Crippen LogP contribution in [-0.4, -0.2) is 53.4 Å². The van der Waals surface area contributed by atoms with Crippen molar-refractivity contribution < 1.29 is 8.42 Å². The van der Waals surface area contributed by atoms with Gasteiger partial charge in [0.05, 0.1) is 0 Å². The zero-order chi connectivity index (χ0) is 19.4. The maximum atomic E-state index is 12.6. The van der Waals surface area contributed by atoms with Gasteiger partial charge in [-0.05, 0) is 23.8 Å². The van der Waals surface area contributed by atoms with Gasteiger partial charge >= 0.3 is 0 Å². The van der Waals surface area contributed by atoms with Crippen LogP contribution in [0.5, 0.6) is 0 Å². The van der Waals surface area contributed by atoms with Crippen molar-refractivity contribution in [1.29, 1.82) is 0 Å². The highest BCUT2D eigenvalue weighted by Crippen LogP contribution is 2.18. The second-order valence-corrected chi connectivity index (χ2v) is 8.29. The molecule has 8 heteroatoms. The van der Waals surface area contributed by atoms with Crippen LogP contribution in [0.25, 0.3) is 11.9 Å². The van der Waals surface area contributed by atoms with Crippen LogP contribution in [0.15, 0.2) is 72.7 Å². The van der Waals surface area contributed by atoms with Crippen molar-refractivity contribution in [3.8, 4) is 5.82 Å². The van der Waals surface area contributed by atoms with Crippen molar-refractivity contribution in [1.82, 2.24) is 18.8 Å². The highest BCUT2D eigenvalue weighted by Gasteiger charge is 2.25. The number of nitrogens with zero attached hydrogens (tertiary/aromatic N) is 5. The molecule has 1 fully saturated rings. The highest BCUT2D eigenvalue weighted by atomic mass is 32.2. The SMILES string of the molecule is O=S(=O)(/C=C/c1ccccc1)N1CCN(c2cc(-n3cccc3)ncn2)CC1. The Morgan fingerprint density at radius 2 is 1.54 bits per heavy atom. The predicted octanol–water partition coefficient (Wildman–Crippen LogP) is 2.39. The molecule has 0 radical (unpaired) electrons. The molecule has 144 valence electrons. The summed E-state index contributed by atoms with van der Waals surface area (Å²) >= 11 is 0. The van der Waals surface area contributed by atoms with E-state index in [1.807, 2.05) is 65.5 Å². The Morgan fingerprint density at radius 1 is 0.857 bits per heavy atom. The second kappa shape index (κ2) is 7.95. The van der Waals surface area contributed by atoms with E-state index in [-0.39, 0.29) is 0 Å². The Balaban J connectivity index is 1.42. The summed E-state index contributed by atoms with van der Waals surface area (Å²) in [7, 11) is -3.44. The standard InChI is InChI=1S/C20H21N5O2S/c26-28(27,15-8-18-6-2-1-3-7-18)25-13-11-24(12-14-25)20-16-19(21-17-22-20)23-9-4-5-10-23/h1-10,15-17H,11-14H2/b15-8+. The lowest BCUT2D eigenvalue weighted by molar-refractivity contribution is 0.389. The Morgan fingerprint density at radius 3 is 2.25 bits per heavy atom. The summed E-state index contributed by atoms with van der Waals surface area (Å²) in [6.45, 7) is 2.01. The van der Waals surface area contributed by atoms with Gasteiger partial charge in [-0.15, -0.1) is 0 Å². The summed E-state index contributed by atoms with van der Waals surface area (Å²) in [5.41, 5.74) is 0.864. The number of piperazine rings is 1. The van der Waals surface area contributed by atoms with Crippen LogP contribution >= 0.6 is 0 Å². The van der Waals surface area contributed by atoms with Gasteiger partial charge in [-0.3, -0.25) is 0 Å². The van der Waals surface area contributed by atoms with Crippen molar-refractivity contribution in [2.24, 2.45) is 0 Å². The smallest absolute Gasteiger partial charge is 0.236 e. The first kappa shape index (κ1) is 18.4. The van der Waals surface area contributed by atoms with E-state index in [9.17, 15) is 8.42 Å². The lowest BCUT2D eigenvalue weighted by Gasteiger charge is -2.34. The van der Waals surface area contributed by atoms with Gasteiger partial charge in [0.25, 0.3) is 0 Å². The molecule has 3 heterocycles. The Labute approximate surface area is 164 Å². The lowest BCUT2D eigenvalue weighted by Crippen LogP contribution is -2.48. The minimum absolute atomic E-state index is 0.421. The van der Waals surface area contributed by atoms with Crippen LogP contribution in [0.4, 0.5) is 5.82 Å². The third-order valence-electron chi connectivity index (χ3n) is 4.66. The second-order valence-electron chi connectivity index (χ2n) is 6.47. The summed E-state index contributed by atoms with van der Waals surface area (Å²) < 4.78 is 28.6. The topological polar surface area (TPSA) is 71.3 Å². The molecule has 0 atom stereocenters. The molecule has 0 N–H and O–H groups in total. The molecule has 1 aromatic carbocycles. The number of benzene rings is 1. The summed E-state index contributed by atoms with van der Waals surface area (Å²) in [6, 6.07) is 15.2. The summed E-state index contributed by atoms with van der Waals surface area (Å²) in [5, 5.41) is 1.28. The monoisotopic (exact) mass is 395 g/mol. The Kier molecular flexibility index (Phi) is 5.23. The first-order valence-electron chi connectivity index (χ1n) is 9.05. The predicted molar refractivity (Wildman–Crippen MR) is 110 cm³/mol. The molecule has 1 saturated heterocycles. The zero-order valence-electron chi connectivity index (χ0n) is 15.3. The van der Waals surface area contributed by atoms with Gasteiger partial charge in [-0.1, -0.05) is 30.3 Å². The van der Waals surface area contributed by atoms with Gasteiger partial charge < -0.3 is 9.47 Å². The minimum Gasteiger partial charge on any atom is -0.354 e. The number of anilines is 1. The van der Waals surface area contributed by atoms with E-state index < -0.39 is 10.0 Å². The number of rotatable bonds is 5. The molecule has 0 amide bonds. The number of sulfonamides is 1. The molecule has 1 aliphatic heterocycles. The average Bonchev–Trinajstić information content (AvgIpc) is 3.28.